The topological polar surface area (TPSA) is 41.6 Å². The molecule has 1 N–H and O–H groups in total. The Labute approximate surface area is 200 Å². The van der Waals surface area contributed by atoms with E-state index in [-0.39, 0.29) is 11.7 Å². The summed E-state index contributed by atoms with van der Waals surface area (Å²) in [5.74, 6) is -0.347. The number of ether oxygens (including phenoxy) is 1. The van der Waals surface area contributed by atoms with E-state index < -0.39 is 24.4 Å². The van der Waals surface area contributed by atoms with E-state index in [1.54, 1.807) is 41.3 Å². The predicted octanol–water partition coefficient (Wildman–Crippen LogP) is 6.23. The van der Waals surface area contributed by atoms with Crippen LogP contribution in [0.5, 0.6) is 5.75 Å². The molecule has 9 heteroatoms. The third kappa shape index (κ3) is 7.18. The molecule has 0 saturated carbocycles. The molecule has 3 aromatic rings. The fourth-order valence-corrected chi connectivity index (χ4v) is 3.80. The molecule has 186 valence electrons. The van der Waals surface area contributed by atoms with Gasteiger partial charge in [-0.3, -0.25) is 4.79 Å². The van der Waals surface area contributed by atoms with Crippen LogP contribution in [0.3, 0.4) is 0 Å². The Kier molecular flexibility index (Phi) is 8.68. The van der Waals surface area contributed by atoms with Crippen LogP contribution in [0.2, 0.25) is 0 Å². The van der Waals surface area contributed by atoms with E-state index in [4.69, 9.17) is 0 Å². The molecular weight excluding hydrogens is 467 g/mol. The van der Waals surface area contributed by atoms with Crippen LogP contribution in [0.1, 0.15) is 29.2 Å². The molecule has 0 aromatic heterocycles. The van der Waals surface area contributed by atoms with E-state index in [1.807, 2.05) is 6.07 Å². The summed E-state index contributed by atoms with van der Waals surface area (Å²) in [7, 11) is 1.51. The minimum atomic E-state index is -4.41. The number of anilines is 1. The zero-order valence-corrected chi connectivity index (χ0v) is 18.9. The summed E-state index contributed by atoms with van der Waals surface area (Å²) >= 11 is 0. The van der Waals surface area contributed by atoms with Crippen LogP contribution >= 0.6 is 0 Å². The van der Waals surface area contributed by atoms with Gasteiger partial charge in [-0.1, -0.05) is 48.5 Å². The summed E-state index contributed by atoms with van der Waals surface area (Å²) in [5.41, 5.74) is 1.18. The Hall–Kier alpha value is -3.62. The Bertz CT molecular complexity index is 1090. The van der Waals surface area contributed by atoms with Crippen molar-refractivity contribution in [3.8, 4) is 5.75 Å². The number of nitrogens with zero attached hydrogens (tertiary/aromatic N) is 1. The number of carbonyl (C=O) groups excluding carboxylic acids is 1. The van der Waals surface area contributed by atoms with Crippen LogP contribution in [0.15, 0.2) is 78.9 Å². The molecule has 1 atom stereocenters. The van der Waals surface area contributed by atoms with Gasteiger partial charge in [0.15, 0.2) is 0 Å². The second-order valence-electron chi connectivity index (χ2n) is 7.79. The van der Waals surface area contributed by atoms with Gasteiger partial charge >= 0.3 is 12.8 Å². The zero-order valence-electron chi connectivity index (χ0n) is 18.9. The lowest BCUT2D eigenvalue weighted by molar-refractivity contribution is -0.137. The highest BCUT2D eigenvalue weighted by Gasteiger charge is 2.30. The quantitative estimate of drug-likeness (QED) is 0.341. The van der Waals surface area contributed by atoms with Crippen LogP contribution in [-0.2, 0) is 17.4 Å². The maximum atomic E-state index is 12.9. The smallest absolute Gasteiger partial charge is 0.416 e. The van der Waals surface area contributed by atoms with Crippen LogP contribution < -0.4 is 15.0 Å². The van der Waals surface area contributed by atoms with E-state index in [9.17, 15) is 26.7 Å². The number of benzene rings is 3. The van der Waals surface area contributed by atoms with Crippen molar-refractivity contribution in [2.75, 3.05) is 18.5 Å². The van der Waals surface area contributed by atoms with Crippen LogP contribution in [0.25, 0.3) is 0 Å². The summed E-state index contributed by atoms with van der Waals surface area (Å²) in [5, 5.41) is 2.65. The number of carbonyl (C=O) groups is 1. The van der Waals surface area contributed by atoms with Gasteiger partial charge in [0.05, 0.1) is 5.56 Å². The summed E-state index contributed by atoms with van der Waals surface area (Å²) in [6.45, 7) is -2.67. The second kappa shape index (κ2) is 11.7. The molecule has 0 unspecified atom stereocenters. The van der Waals surface area contributed by atoms with Gasteiger partial charge in [0, 0.05) is 25.3 Å². The SMILES string of the molecule is CNC(=O)[C@H](c1ccccc1)N(CCCc1ccc(C(F)(F)F)cc1)c1cccc(OC(F)F)c1. The predicted molar refractivity (Wildman–Crippen MR) is 123 cm³/mol. The minimum absolute atomic E-state index is 0.0473. The number of likely N-dealkylation sites (N-methyl/N-ethyl adjacent to an activating group) is 1. The molecule has 4 nitrogen and oxygen atoms in total. The van der Waals surface area contributed by atoms with Crippen LogP contribution in [0.4, 0.5) is 27.6 Å². The van der Waals surface area contributed by atoms with Gasteiger partial charge < -0.3 is 15.0 Å². The highest BCUT2D eigenvalue weighted by Crippen LogP contribution is 2.32. The highest BCUT2D eigenvalue weighted by atomic mass is 19.4. The van der Waals surface area contributed by atoms with E-state index in [0.29, 0.717) is 36.2 Å². The van der Waals surface area contributed by atoms with Gasteiger partial charge in [-0.05, 0) is 48.2 Å². The normalized spacial score (nSPS) is 12.3. The lowest BCUT2D eigenvalue weighted by Crippen LogP contribution is -2.40. The monoisotopic (exact) mass is 492 g/mol. The Balaban J connectivity index is 1.88. The number of hydrogen-bond acceptors (Lipinski definition) is 3. The third-order valence-electron chi connectivity index (χ3n) is 5.44. The molecule has 0 spiro atoms. The molecule has 35 heavy (non-hydrogen) atoms. The Morgan fingerprint density at radius 3 is 2.26 bits per heavy atom. The summed E-state index contributed by atoms with van der Waals surface area (Å²) in [6, 6.07) is 19.2. The number of amides is 1. The second-order valence-corrected chi connectivity index (χ2v) is 7.79. The molecule has 1 amide bonds. The minimum Gasteiger partial charge on any atom is -0.435 e. The standard InChI is InChI=1S/C26H25F5N2O2/c1-32-24(34)23(19-8-3-2-4-9-19)33(21-10-5-11-22(17-21)35-25(27)28)16-6-7-18-12-14-20(15-13-18)26(29,30)31/h2-5,8-15,17,23,25H,6-7,16H2,1H3,(H,32,34)/t23-/m0/s1. The fraction of sp³-hybridized carbons (Fsp3) is 0.269. The molecular formula is C26H25F5N2O2. The average Bonchev–Trinajstić information content (AvgIpc) is 2.83. The molecule has 0 aliphatic rings. The first-order valence-electron chi connectivity index (χ1n) is 10.9. The largest absolute Gasteiger partial charge is 0.435 e. The first-order valence-corrected chi connectivity index (χ1v) is 10.9. The Morgan fingerprint density at radius 1 is 0.971 bits per heavy atom. The van der Waals surface area contributed by atoms with E-state index in [2.05, 4.69) is 10.1 Å². The molecule has 3 rings (SSSR count). The van der Waals surface area contributed by atoms with Crippen molar-refractivity contribution in [2.24, 2.45) is 0 Å². The maximum Gasteiger partial charge on any atom is 0.416 e. The number of nitrogens with one attached hydrogen (secondary N) is 1. The first-order chi connectivity index (χ1) is 16.7. The molecule has 0 fully saturated rings. The Morgan fingerprint density at radius 2 is 1.66 bits per heavy atom. The lowest BCUT2D eigenvalue weighted by atomic mass is 10.0. The molecule has 0 radical (unpaired) electrons. The third-order valence-corrected chi connectivity index (χ3v) is 5.44. The van der Waals surface area contributed by atoms with Crippen molar-refractivity contribution in [2.45, 2.75) is 31.7 Å². The fourth-order valence-electron chi connectivity index (χ4n) is 3.80. The molecule has 0 saturated heterocycles. The lowest BCUT2D eigenvalue weighted by Gasteiger charge is -2.33. The van der Waals surface area contributed by atoms with Crippen LogP contribution in [-0.4, -0.2) is 26.1 Å². The molecule has 0 heterocycles. The highest BCUT2D eigenvalue weighted by molar-refractivity contribution is 5.86. The molecule has 0 bridgehead atoms. The van der Waals surface area contributed by atoms with Crippen molar-refractivity contribution in [3.63, 3.8) is 0 Å². The van der Waals surface area contributed by atoms with Crippen molar-refractivity contribution < 1.29 is 31.5 Å². The van der Waals surface area contributed by atoms with E-state index in [0.717, 1.165) is 12.1 Å². The molecule has 0 aliphatic heterocycles. The first kappa shape index (κ1) is 26.0. The summed E-state index contributed by atoms with van der Waals surface area (Å²) in [4.78, 5) is 14.7. The van der Waals surface area contributed by atoms with Gasteiger partial charge in [0.2, 0.25) is 5.91 Å². The number of alkyl halides is 5. The van der Waals surface area contributed by atoms with Gasteiger partial charge in [-0.2, -0.15) is 22.0 Å². The summed E-state index contributed by atoms with van der Waals surface area (Å²) in [6.07, 6.45) is -3.46. The maximum absolute atomic E-state index is 12.9. The van der Waals surface area contributed by atoms with Crippen molar-refractivity contribution in [1.29, 1.82) is 0 Å². The van der Waals surface area contributed by atoms with Gasteiger partial charge in [0.1, 0.15) is 11.8 Å². The summed E-state index contributed by atoms with van der Waals surface area (Å²) < 4.78 is 68.6. The molecule has 0 aliphatic carbocycles. The van der Waals surface area contributed by atoms with Crippen LogP contribution in [0, 0.1) is 0 Å². The van der Waals surface area contributed by atoms with Crippen molar-refractivity contribution >= 4 is 11.6 Å². The van der Waals surface area contributed by atoms with E-state index in [1.165, 1.54) is 31.3 Å². The van der Waals surface area contributed by atoms with Gasteiger partial charge in [-0.25, -0.2) is 0 Å². The zero-order chi connectivity index (χ0) is 25.4. The average molecular weight is 492 g/mol. The molecule has 3 aromatic carbocycles. The number of aryl methyl sites for hydroxylation is 1. The number of halogens is 5. The number of rotatable bonds is 10. The number of hydrogen-bond donors (Lipinski definition) is 1. The van der Waals surface area contributed by atoms with Crippen molar-refractivity contribution in [3.05, 3.63) is 95.6 Å². The van der Waals surface area contributed by atoms with Gasteiger partial charge in [0.25, 0.3) is 0 Å². The van der Waals surface area contributed by atoms with Crippen molar-refractivity contribution in [1.82, 2.24) is 5.32 Å². The van der Waals surface area contributed by atoms with Gasteiger partial charge in [-0.15, -0.1) is 0 Å². The van der Waals surface area contributed by atoms with E-state index >= 15 is 0 Å².